The van der Waals surface area contributed by atoms with Gasteiger partial charge in [0, 0.05) is 11.5 Å². The van der Waals surface area contributed by atoms with Crippen LogP contribution in [0.2, 0.25) is 0 Å². The van der Waals surface area contributed by atoms with Crippen molar-refractivity contribution in [2.24, 2.45) is 5.73 Å². The van der Waals surface area contributed by atoms with Crippen LogP contribution in [0, 0.1) is 11.3 Å². The first kappa shape index (κ1) is 12.1. The van der Waals surface area contributed by atoms with Crippen molar-refractivity contribution in [3.8, 4) is 17.6 Å². The molecule has 0 aromatic heterocycles. The Labute approximate surface area is 106 Å². The van der Waals surface area contributed by atoms with Gasteiger partial charge < -0.3 is 15.2 Å². The summed E-state index contributed by atoms with van der Waals surface area (Å²) in [4.78, 5) is 0. The molecule has 4 heteroatoms. The summed E-state index contributed by atoms with van der Waals surface area (Å²) < 4.78 is 10.6. The predicted octanol–water partition coefficient (Wildman–Crippen LogP) is 2.44. The van der Waals surface area contributed by atoms with Crippen molar-refractivity contribution in [3.05, 3.63) is 47.9 Å². The van der Waals surface area contributed by atoms with Crippen LogP contribution in [0.4, 0.5) is 0 Å². The molecule has 0 radical (unpaired) electrons. The first-order valence-electron chi connectivity index (χ1n) is 5.57. The monoisotopic (exact) mass is 242 g/mol. The van der Waals surface area contributed by atoms with Crippen LogP contribution in [0.3, 0.4) is 0 Å². The van der Waals surface area contributed by atoms with Gasteiger partial charge in [-0.1, -0.05) is 6.08 Å². The molecule has 18 heavy (non-hydrogen) atoms. The van der Waals surface area contributed by atoms with Gasteiger partial charge in [-0.3, -0.25) is 0 Å². The number of nitrogens with zero attached hydrogens (tertiary/aromatic N) is 1. The van der Waals surface area contributed by atoms with E-state index in [1.165, 1.54) is 0 Å². The van der Waals surface area contributed by atoms with Crippen molar-refractivity contribution in [2.45, 2.75) is 12.3 Å². The smallest absolute Gasteiger partial charge is 0.205 e. The molecular weight excluding hydrogens is 228 g/mol. The Kier molecular flexibility index (Phi) is 3.24. The summed E-state index contributed by atoms with van der Waals surface area (Å²) in [5.74, 6) is 1.44. The maximum Gasteiger partial charge on any atom is 0.205 e. The normalized spacial score (nSPS) is 17.4. The third-order valence-corrected chi connectivity index (χ3v) is 2.95. The molecule has 1 aromatic carbocycles. The second-order valence-corrected chi connectivity index (χ2v) is 3.97. The van der Waals surface area contributed by atoms with Crippen LogP contribution < -0.4 is 15.2 Å². The van der Waals surface area contributed by atoms with Crippen molar-refractivity contribution < 1.29 is 9.47 Å². The lowest BCUT2D eigenvalue weighted by atomic mass is 9.86. The van der Waals surface area contributed by atoms with E-state index in [-0.39, 0.29) is 11.8 Å². The van der Waals surface area contributed by atoms with Crippen molar-refractivity contribution in [1.29, 1.82) is 5.26 Å². The molecule has 1 heterocycles. The third-order valence-electron chi connectivity index (χ3n) is 2.95. The van der Waals surface area contributed by atoms with Crippen LogP contribution in [0.1, 0.15) is 17.9 Å². The molecule has 0 amide bonds. The molecule has 4 nitrogen and oxygen atoms in total. The molecule has 0 saturated carbocycles. The second kappa shape index (κ2) is 4.84. The Balaban J connectivity index is 2.54. The Morgan fingerprint density at radius 3 is 3.00 bits per heavy atom. The number of benzene rings is 1. The highest BCUT2D eigenvalue weighted by Gasteiger charge is 2.28. The van der Waals surface area contributed by atoms with Gasteiger partial charge in [-0.05, 0) is 24.6 Å². The van der Waals surface area contributed by atoms with E-state index in [0.717, 1.165) is 11.3 Å². The molecule has 2 rings (SSSR count). The average molecular weight is 242 g/mol. The van der Waals surface area contributed by atoms with Crippen LogP contribution in [-0.2, 0) is 0 Å². The van der Waals surface area contributed by atoms with Gasteiger partial charge in [-0.2, -0.15) is 5.26 Å². The minimum absolute atomic E-state index is 0.119. The lowest BCUT2D eigenvalue weighted by molar-refractivity contribution is 0.381. The lowest BCUT2D eigenvalue weighted by Crippen LogP contribution is -2.20. The van der Waals surface area contributed by atoms with Gasteiger partial charge >= 0.3 is 0 Å². The van der Waals surface area contributed by atoms with Crippen molar-refractivity contribution in [1.82, 2.24) is 0 Å². The number of allylic oxidation sites excluding steroid dienone is 2. The van der Waals surface area contributed by atoms with E-state index in [0.29, 0.717) is 17.7 Å². The molecule has 1 aliphatic heterocycles. The van der Waals surface area contributed by atoms with E-state index in [1.807, 2.05) is 6.07 Å². The zero-order valence-electron chi connectivity index (χ0n) is 10.1. The highest BCUT2D eigenvalue weighted by Crippen LogP contribution is 2.41. The molecule has 92 valence electrons. The van der Waals surface area contributed by atoms with E-state index >= 15 is 0 Å². The molecule has 0 saturated heterocycles. The van der Waals surface area contributed by atoms with E-state index in [2.05, 4.69) is 12.6 Å². The molecule has 2 N–H and O–H groups in total. The van der Waals surface area contributed by atoms with Gasteiger partial charge in [0.05, 0.1) is 12.7 Å². The van der Waals surface area contributed by atoms with Crippen molar-refractivity contribution >= 4 is 0 Å². The highest BCUT2D eigenvalue weighted by atomic mass is 16.5. The zero-order valence-corrected chi connectivity index (χ0v) is 10.1. The summed E-state index contributed by atoms with van der Waals surface area (Å²) in [5.41, 5.74) is 7.11. The summed E-state index contributed by atoms with van der Waals surface area (Å²) in [6.07, 6.45) is 2.40. The summed E-state index contributed by atoms with van der Waals surface area (Å²) in [6.45, 7) is 3.72. The summed E-state index contributed by atoms with van der Waals surface area (Å²) >= 11 is 0. The largest absolute Gasteiger partial charge is 0.497 e. The lowest BCUT2D eigenvalue weighted by Gasteiger charge is -2.25. The number of rotatable bonds is 3. The third kappa shape index (κ3) is 1.91. The topological polar surface area (TPSA) is 68.3 Å². The van der Waals surface area contributed by atoms with Gasteiger partial charge in [0.25, 0.3) is 0 Å². The molecule has 1 aliphatic rings. The quantitative estimate of drug-likeness (QED) is 0.826. The molecule has 0 bridgehead atoms. The first-order valence-corrected chi connectivity index (χ1v) is 5.57. The van der Waals surface area contributed by atoms with E-state index in [9.17, 15) is 5.26 Å². The highest BCUT2D eigenvalue weighted by molar-refractivity contribution is 5.52. The fourth-order valence-electron chi connectivity index (χ4n) is 2.06. The Morgan fingerprint density at radius 1 is 1.61 bits per heavy atom. The molecule has 0 spiro atoms. The number of nitrogens with two attached hydrogens (primary N) is 1. The molecular formula is C14H14N2O2. The summed E-state index contributed by atoms with van der Waals surface area (Å²) in [6, 6.07) is 7.57. The van der Waals surface area contributed by atoms with Gasteiger partial charge in [0.15, 0.2) is 0 Å². The van der Waals surface area contributed by atoms with E-state index in [4.69, 9.17) is 15.2 Å². The first-order chi connectivity index (χ1) is 8.71. The second-order valence-electron chi connectivity index (χ2n) is 3.97. The average Bonchev–Trinajstić information content (AvgIpc) is 2.38. The molecule has 1 unspecified atom stereocenters. The van der Waals surface area contributed by atoms with Crippen LogP contribution in [0.5, 0.6) is 11.5 Å². The fraction of sp³-hybridized carbons (Fsp3) is 0.214. The SMILES string of the molecule is C=CCC1C(C#N)=C(N)Oc2ccc(OC)cc21. The maximum absolute atomic E-state index is 9.18. The number of hydrogen-bond acceptors (Lipinski definition) is 4. The summed E-state index contributed by atoms with van der Waals surface area (Å²) in [7, 11) is 1.60. The van der Waals surface area contributed by atoms with Gasteiger partial charge in [-0.15, -0.1) is 6.58 Å². The maximum atomic E-state index is 9.18. The summed E-state index contributed by atoms with van der Waals surface area (Å²) in [5, 5.41) is 9.18. The predicted molar refractivity (Wildman–Crippen MR) is 68.0 cm³/mol. The molecule has 1 atom stereocenters. The Morgan fingerprint density at radius 2 is 2.39 bits per heavy atom. The van der Waals surface area contributed by atoms with Crippen molar-refractivity contribution in [3.63, 3.8) is 0 Å². The standard InChI is InChI=1S/C14H14N2O2/c1-3-4-10-11-7-9(17-2)5-6-13(11)18-14(16)12(10)8-15/h3,5-7,10H,1,4,16H2,2H3. The Bertz CT molecular complexity index is 555. The van der Waals surface area contributed by atoms with Gasteiger partial charge in [-0.25, -0.2) is 0 Å². The van der Waals surface area contributed by atoms with Crippen LogP contribution in [0.25, 0.3) is 0 Å². The van der Waals surface area contributed by atoms with Crippen LogP contribution in [0.15, 0.2) is 42.3 Å². The van der Waals surface area contributed by atoms with E-state index in [1.54, 1.807) is 25.3 Å². The van der Waals surface area contributed by atoms with Crippen molar-refractivity contribution in [2.75, 3.05) is 7.11 Å². The number of nitriles is 1. The molecule has 1 aromatic rings. The van der Waals surface area contributed by atoms with Gasteiger partial charge in [0.1, 0.15) is 17.6 Å². The minimum Gasteiger partial charge on any atom is -0.497 e. The number of hydrogen-bond donors (Lipinski definition) is 1. The number of fused-ring (bicyclic) bond motifs is 1. The molecule has 0 aliphatic carbocycles. The van der Waals surface area contributed by atoms with Gasteiger partial charge in [0.2, 0.25) is 5.88 Å². The number of methoxy groups -OCH3 is 1. The van der Waals surface area contributed by atoms with Crippen LogP contribution >= 0.6 is 0 Å². The Hall–Kier alpha value is -2.41. The zero-order chi connectivity index (χ0) is 13.1. The van der Waals surface area contributed by atoms with E-state index < -0.39 is 0 Å². The number of ether oxygens (including phenoxy) is 2. The fourth-order valence-corrected chi connectivity index (χ4v) is 2.06. The molecule has 0 fully saturated rings. The van der Waals surface area contributed by atoms with Crippen LogP contribution in [-0.4, -0.2) is 7.11 Å². The minimum atomic E-state index is -0.119.